The Morgan fingerprint density at radius 2 is 2.00 bits per heavy atom. The fraction of sp³-hybridized carbons (Fsp3) is 0.250. The summed E-state index contributed by atoms with van der Waals surface area (Å²) >= 11 is 0. The Balaban J connectivity index is 3.00. The first-order valence-electron chi connectivity index (χ1n) is 5.25. The van der Waals surface area contributed by atoms with Crippen LogP contribution in [0.25, 0.3) is 10.9 Å². The first kappa shape index (κ1) is 13.3. The zero-order chi connectivity index (χ0) is 14.4. The highest BCUT2D eigenvalue weighted by molar-refractivity contribution is 6.06. The number of fused-ring (bicyclic) bond motifs is 1. The summed E-state index contributed by atoms with van der Waals surface area (Å²) < 4.78 is 44.8. The second-order valence-electron chi connectivity index (χ2n) is 3.94. The molecule has 0 spiro atoms. The number of para-hydroxylation sites is 1. The molecule has 0 aliphatic rings. The van der Waals surface area contributed by atoms with Crippen molar-refractivity contribution in [3.63, 3.8) is 0 Å². The molecule has 2 rings (SSSR count). The number of ether oxygens (including phenoxy) is 1. The van der Waals surface area contributed by atoms with Crippen LogP contribution in [0.5, 0.6) is 5.75 Å². The average Bonchev–Trinajstić information content (AvgIpc) is 2.62. The van der Waals surface area contributed by atoms with Crippen LogP contribution in [-0.2, 0) is 13.2 Å². The van der Waals surface area contributed by atoms with Gasteiger partial charge in [0.05, 0.1) is 18.2 Å². The van der Waals surface area contributed by atoms with Gasteiger partial charge in [-0.15, -0.1) is 0 Å². The minimum Gasteiger partial charge on any atom is -0.495 e. The summed E-state index contributed by atoms with van der Waals surface area (Å²) in [6.07, 6.45) is -4.76. The van der Waals surface area contributed by atoms with Crippen LogP contribution in [0.1, 0.15) is 16.1 Å². The number of carboxylic acid groups (broad SMARTS) is 1. The number of carboxylic acids is 1. The number of halogens is 3. The number of hydrogen-bond donors (Lipinski definition) is 1. The van der Waals surface area contributed by atoms with E-state index in [0.717, 1.165) is 4.57 Å². The maximum atomic E-state index is 13.0. The maximum absolute atomic E-state index is 13.0. The van der Waals surface area contributed by atoms with Gasteiger partial charge in [0.15, 0.2) is 0 Å². The van der Waals surface area contributed by atoms with Crippen LogP contribution in [0.15, 0.2) is 18.2 Å². The minimum absolute atomic E-state index is 0.00155. The van der Waals surface area contributed by atoms with E-state index in [1.54, 1.807) is 0 Å². The standard InChI is InChI=1S/C12H10F3NO3/c1-16-9-6(4-3-5-7(9)19-2)8(11(17)18)10(16)12(13,14)15/h3-5H,1-2H3,(H,17,18). The van der Waals surface area contributed by atoms with Gasteiger partial charge in [-0.05, 0) is 6.07 Å². The van der Waals surface area contributed by atoms with Crippen molar-refractivity contribution >= 4 is 16.9 Å². The number of aromatic carboxylic acids is 1. The second-order valence-corrected chi connectivity index (χ2v) is 3.94. The van der Waals surface area contributed by atoms with Gasteiger partial charge < -0.3 is 14.4 Å². The molecule has 19 heavy (non-hydrogen) atoms. The third-order valence-corrected chi connectivity index (χ3v) is 2.88. The molecule has 0 amide bonds. The predicted molar refractivity (Wildman–Crippen MR) is 61.4 cm³/mol. The largest absolute Gasteiger partial charge is 0.495 e. The van der Waals surface area contributed by atoms with Crippen molar-refractivity contribution in [1.29, 1.82) is 0 Å². The van der Waals surface area contributed by atoms with Gasteiger partial charge in [-0.1, -0.05) is 12.1 Å². The SMILES string of the molecule is COc1cccc2c(C(=O)O)c(C(F)(F)F)n(C)c12. The Bertz CT molecular complexity index is 658. The highest BCUT2D eigenvalue weighted by Gasteiger charge is 2.41. The second kappa shape index (κ2) is 4.18. The molecule has 0 unspecified atom stereocenters. The topological polar surface area (TPSA) is 51.5 Å². The highest BCUT2D eigenvalue weighted by atomic mass is 19.4. The zero-order valence-electron chi connectivity index (χ0n) is 10.1. The molecule has 0 saturated heterocycles. The monoisotopic (exact) mass is 273 g/mol. The molecule has 102 valence electrons. The normalized spacial score (nSPS) is 11.8. The van der Waals surface area contributed by atoms with E-state index in [1.807, 2.05) is 0 Å². The van der Waals surface area contributed by atoms with Crippen LogP contribution in [0.3, 0.4) is 0 Å². The van der Waals surface area contributed by atoms with Gasteiger partial charge in [0.1, 0.15) is 11.4 Å². The summed E-state index contributed by atoms with van der Waals surface area (Å²) in [5.74, 6) is -1.43. The molecule has 4 nitrogen and oxygen atoms in total. The zero-order valence-corrected chi connectivity index (χ0v) is 10.1. The smallest absolute Gasteiger partial charge is 0.432 e. The molecule has 1 aromatic heterocycles. The molecule has 1 N–H and O–H groups in total. The summed E-state index contributed by atoms with van der Waals surface area (Å²) in [5.41, 5.74) is -1.85. The predicted octanol–water partition coefficient (Wildman–Crippen LogP) is 2.90. The van der Waals surface area contributed by atoms with Gasteiger partial charge in [0, 0.05) is 12.4 Å². The van der Waals surface area contributed by atoms with Gasteiger partial charge in [-0.2, -0.15) is 13.2 Å². The Morgan fingerprint density at radius 1 is 1.37 bits per heavy atom. The van der Waals surface area contributed by atoms with E-state index in [0.29, 0.717) is 0 Å². The molecular formula is C12H10F3NO3. The number of nitrogens with zero attached hydrogens (tertiary/aromatic N) is 1. The van der Waals surface area contributed by atoms with Gasteiger partial charge in [-0.3, -0.25) is 0 Å². The molecule has 0 aliphatic carbocycles. The number of aromatic nitrogens is 1. The van der Waals surface area contributed by atoms with Gasteiger partial charge >= 0.3 is 12.1 Å². The quantitative estimate of drug-likeness (QED) is 0.915. The Hall–Kier alpha value is -2.18. The molecular weight excluding hydrogens is 263 g/mol. The fourth-order valence-electron chi connectivity index (χ4n) is 2.19. The Labute approximate surface area is 106 Å². The van der Waals surface area contributed by atoms with Crippen molar-refractivity contribution in [2.75, 3.05) is 7.11 Å². The molecule has 0 fully saturated rings. The molecule has 0 aliphatic heterocycles. The Kier molecular flexibility index (Phi) is 2.92. The van der Waals surface area contributed by atoms with Crippen molar-refractivity contribution in [2.24, 2.45) is 7.05 Å². The van der Waals surface area contributed by atoms with Gasteiger partial charge in [0.2, 0.25) is 0 Å². The number of benzene rings is 1. The first-order valence-corrected chi connectivity index (χ1v) is 5.25. The summed E-state index contributed by atoms with van der Waals surface area (Å²) in [6, 6.07) is 4.26. The van der Waals surface area contributed by atoms with Crippen molar-refractivity contribution in [1.82, 2.24) is 4.57 Å². The minimum atomic E-state index is -4.76. The number of methoxy groups -OCH3 is 1. The molecule has 7 heteroatoms. The van der Waals surface area contributed by atoms with Crippen LogP contribution in [-0.4, -0.2) is 22.8 Å². The summed E-state index contributed by atoms with van der Waals surface area (Å²) in [5, 5.41) is 9.05. The van der Waals surface area contributed by atoms with Crippen LogP contribution in [0.4, 0.5) is 13.2 Å². The van der Waals surface area contributed by atoms with Crippen molar-refractivity contribution < 1.29 is 27.8 Å². The molecule has 0 saturated carbocycles. The van der Waals surface area contributed by atoms with Crippen molar-refractivity contribution in [3.05, 3.63) is 29.5 Å². The summed E-state index contributed by atoms with van der Waals surface area (Å²) in [7, 11) is 2.48. The third-order valence-electron chi connectivity index (χ3n) is 2.88. The molecule has 0 radical (unpaired) electrons. The molecule has 2 aromatic rings. The van der Waals surface area contributed by atoms with Crippen LogP contribution in [0.2, 0.25) is 0 Å². The molecule has 0 atom stereocenters. The number of rotatable bonds is 2. The fourth-order valence-corrected chi connectivity index (χ4v) is 2.19. The van der Waals surface area contributed by atoms with Crippen LogP contribution < -0.4 is 4.74 Å². The lowest BCUT2D eigenvalue weighted by Gasteiger charge is -2.10. The van der Waals surface area contributed by atoms with Crippen LogP contribution in [0, 0.1) is 0 Å². The maximum Gasteiger partial charge on any atom is 0.432 e. The van der Waals surface area contributed by atoms with Crippen LogP contribution >= 0.6 is 0 Å². The van der Waals surface area contributed by atoms with Gasteiger partial charge in [0.25, 0.3) is 0 Å². The first-order chi connectivity index (χ1) is 8.79. The summed E-state index contributed by atoms with van der Waals surface area (Å²) in [6.45, 7) is 0. The summed E-state index contributed by atoms with van der Waals surface area (Å²) in [4.78, 5) is 11.1. The van der Waals surface area contributed by atoms with E-state index in [2.05, 4.69) is 0 Å². The van der Waals surface area contributed by atoms with E-state index < -0.39 is 23.4 Å². The highest BCUT2D eigenvalue weighted by Crippen LogP contribution is 2.40. The van der Waals surface area contributed by atoms with Gasteiger partial charge in [-0.25, -0.2) is 4.79 Å². The van der Waals surface area contributed by atoms with E-state index in [1.165, 1.54) is 32.4 Å². The van der Waals surface area contributed by atoms with E-state index in [9.17, 15) is 18.0 Å². The van der Waals surface area contributed by atoms with E-state index >= 15 is 0 Å². The lowest BCUT2D eigenvalue weighted by molar-refractivity contribution is -0.143. The third kappa shape index (κ3) is 1.91. The number of hydrogen-bond acceptors (Lipinski definition) is 2. The van der Waals surface area contributed by atoms with Crippen molar-refractivity contribution in [2.45, 2.75) is 6.18 Å². The van der Waals surface area contributed by atoms with Crippen molar-refractivity contribution in [3.8, 4) is 5.75 Å². The van der Waals surface area contributed by atoms with E-state index in [-0.39, 0.29) is 16.7 Å². The molecule has 1 aromatic carbocycles. The lowest BCUT2D eigenvalue weighted by atomic mass is 10.1. The molecule has 0 bridgehead atoms. The number of carbonyl (C=O) groups is 1. The number of alkyl halides is 3. The van der Waals surface area contributed by atoms with E-state index in [4.69, 9.17) is 9.84 Å². The number of aryl methyl sites for hydroxylation is 1. The average molecular weight is 273 g/mol. The Morgan fingerprint density at radius 3 is 2.47 bits per heavy atom. The molecule has 1 heterocycles. The lowest BCUT2D eigenvalue weighted by Crippen LogP contribution is -2.15.